The summed E-state index contributed by atoms with van der Waals surface area (Å²) in [6.45, 7) is 4.23. The van der Waals surface area contributed by atoms with Gasteiger partial charge < -0.3 is 15.0 Å². The number of aromatic amines is 1. The van der Waals surface area contributed by atoms with Gasteiger partial charge in [0.2, 0.25) is 5.91 Å². The Kier molecular flexibility index (Phi) is 5.12. The zero-order valence-electron chi connectivity index (χ0n) is 12.7. The molecule has 6 nitrogen and oxygen atoms in total. The molecule has 1 aliphatic rings. The highest BCUT2D eigenvalue weighted by Crippen LogP contribution is 2.26. The fourth-order valence-electron chi connectivity index (χ4n) is 2.72. The van der Waals surface area contributed by atoms with E-state index in [1.54, 1.807) is 13.8 Å². The molecule has 1 amide bonds. The fourth-order valence-corrected chi connectivity index (χ4v) is 2.72. The molecule has 2 N–H and O–H groups in total. The quantitative estimate of drug-likeness (QED) is 0.808. The molecule has 1 aromatic heterocycles. The highest BCUT2D eigenvalue weighted by atomic mass is 16.3. The molecule has 0 unspecified atom stereocenters. The Balaban J connectivity index is 2.12. The van der Waals surface area contributed by atoms with Crippen molar-refractivity contribution in [1.29, 1.82) is 0 Å². The van der Waals surface area contributed by atoms with Gasteiger partial charge in [0.15, 0.2) is 0 Å². The van der Waals surface area contributed by atoms with Gasteiger partial charge in [0.25, 0.3) is 0 Å². The smallest absolute Gasteiger partial charge is 0.345 e. The predicted molar refractivity (Wildman–Crippen MR) is 79.1 cm³/mol. The molecule has 0 atom stereocenters. The first-order valence-corrected chi connectivity index (χ1v) is 7.49. The van der Waals surface area contributed by atoms with Gasteiger partial charge in [-0.25, -0.2) is 4.79 Å². The number of H-pyrrole nitrogens is 1. The molecular weight excluding hydrogens is 270 g/mol. The minimum Gasteiger partial charge on any atom is -0.396 e. The van der Waals surface area contributed by atoms with Gasteiger partial charge in [-0.2, -0.15) is 4.98 Å². The van der Waals surface area contributed by atoms with Gasteiger partial charge in [-0.3, -0.25) is 4.79 Å². The van der Waals surface area contributed by atoms with Gasteiger partial charge in [0.05, 0.1) is 6.42 Å². The number of hydrogen-bond donors (Lipinski definition) is 2. The van der Waals surface area contributed by atoms with Crippen molar-refractivity contribution in [2.24, 2.45) is 0 Å². The predicted octanol–water partition coefficient (Wildman–Crippen LogP) is 0.693. The summed E-state index contributed by atoms with van der Waals surface area (Å²) in [6.07, 6.45) is 4.09. The Bertz CT molecular complexity index is 538. The summed E-state index contributed by atoms with van der Waals surface area (Å²) in [5, 5.41) is 8.99. The molecule has 6 heteroatoms. The van der Waals surface area contributed by atoms with Crippen LogP contribution >= 0.6 is 0 Å². The van der Waals surface area contributed by atoms with Crippen LogP contribution in [-0.4, -0.2) is 45.1 Å². The first-order chi connectivity index (χ1) is 10.0. The molecule has 1 aliphatic carbocycles. The lowest BCUT2D eigenvalue weighted by Gasteiger charge is -2.37. The molecule has 1 fully saturated rings. The standard InChI is InChI=1S/C15H23N3O3/c1-10-13(11(2)17-15(21)16-10)9-14(20)18(7-4-8-19)12-5-3-6-12/h12,19H,3-9H2,1-2H3,(H,16,17,21). The SMILES string of the molecule is Cc1nc(=O)[nH]c(C)c1CC(=O)N(CCCO)C1CCC1. The molecule has 0 spiro atoms. The summed E-state index contributed by atoms with van der Waals surface area (Å²) >= 11 is 0. The average Bonchev–Trinajstić information content (AvgIpc) is 2.36. The molecule has 116 valence electrons. The van der Waals surface area contributed by atoms with Crippen molar-refractivity contribution in [2.45, 2.75) is 52.0 Å². The number of nitrogens with zero attached hydrogens (tertiary/aromatic N) is 2. The minimum atomic E-state index is -0.377. The molecular formula is C15H23N3O3. The van der Waals surface area contributed by atoms with Crippen LogP contribution in [0.5, 0.6) is 0 Å². The van der Waals surface area contributed by atoms with Gasteiger partial charge in [0, 0.05) is 36.1 Å². The van der Waals surface area contributed by atoms with E-state index in [1.807, 2.05) is 4.90 Å². The normalized spacial score (nSPS) is 14.8. The maximum Gasteiger partial charge on any atom is 0.345 e. The van der Waals surface area contributed by atoms with E-state index in [0.29, 0.717) is 30.4 Å². The van der Waals surface area contributed by atoms with E-state index in [9.17, 15) is 9.59 Å². The topological polar surface area (TPSA) is 86.3 Å². The number of aryl methyl sites for hydroxylation is 2. The van der Waals surface area contributed by atoms with Gasteiger partial charge in [-0.05, 0) is 39.5 Å². The molecule has 1 aromatic rings. The lowest BCUT2D eigenvalue weighted by atomic mass is 9.90. The van der Waals surface area contributed by atoms with Crippen LogP contribution < -0.4 is 5.69 Å². The summed E-state index contributed by atoms with van der Waals surface area (Å²) in [6, 6.07) is 0.306. The number of aliphatic hydroxyl groups excluding tert-OH is 1. The van der Waals surface area contributed by atoms with Gasteiger partial charge >= 0.3 is 5.69 Å². The van der Waals surface area contributed by atoms with Crippen molar-refractivity contribution in [3.8, 4) is 0 Å². The first kappa shape index (κ1) is 15.7. The molecule has 2 rings (SSSR count). The fraction of sp³-hybridized carbons (Fsp3) is 0.667. The van der Waals surface area contributed by atoms with E-state index < -0.39 is 0 Å². The van der Waals surface area contributed by atoms with Crippen molar-refractivity contribution in [3.63, 3.8) is 0 Å². The van der Waals surface area contributed by atoms with Crippen molar-refractivity contribution in [1.82, 2.24) is 14.9 Å². The van der Waals surface area contributed by atoms with Crippen LogP contribution in [-0.2, 0) is 11.2 Å². The number of rotatable bonds is 6. The maximum atomic E-state index is 12.6. The highest BCUT2D eigenvalue weighted by Gasteiger charge is 2.28. The van der Waals surface area contributed by atoms with Crippen molar-refractivity contribution in [2.75, 3.05) is 13.2 Å². The van der Waals surface area contributed by atoms with Crippen LogP contribution in [0, 0.1) is 13.8 Å². The van der Waals surface area contributed by atoms with Crippen LogP contribution in [0.3, 0.4) is 0 Å². The van der Waals surface area contributed by atoms with Gasteiger partial charge in [-0.1, -0.05) is 0 Å². The van der Waals surface area contributed by atoms with Crippen LogP contribution in [0.25, 0.3) is 0 Å². The number of aromatic nitrogens is 2. The molecule has 0 radical (unpaired) electrons. The Morgan fingerprint density at radius 3 is 2.67 bits per heavy atom. The summed E-state index contributed by atoms with van der Waals surface area (Å²) in [7, 11) is 0. The first-order valence-electron chi connectivity index (χ1n) is 7.49. The number of aliphatic hydroxyl groups is 1. The number of carbonyl (C=O) groups is 1. The minimum absolute atomic E-state index is 0.0493. The third-order valence-electron chi connectivity index (χ3n) is 4.17. The molecule has 1 heterocycles. The zero-order chi connectivity index (χ0) is 15.4. The maximum absolute atomic E-state index is 12.6. The molecule has 0 aliphatic heterocycles. The summed E-state index contributed by atoms with van der Waals surface area (Å²) in [4.78, 5) is 32.3. The monoisotopic (exact) mass is 293 g/mol. The number of hydrogen-bond acceptors (Lipinski definition) is 4. The van der Waals surface area contributed by atoms with Crippen molar-refractivity contribution < 1.29 is 9.90 Å². The van der Waals surface area contributed by atoms with Gasteiger partial charge in [0.1, 0.15) is 0 Å². The number of carbonyl (C=O) groups excluding carboxylic acids is 1. The largest absolute Gasteiger partial charge is 0.396 e. The van der Waals surface area contributed by atoms with E-state index in [2.05, 4.69) is 9.97 Å². The van der Waals surface area contributed by atoms with Crippen LogP contribution in [0.15, 0.2) is 4.79 Å². The summed E-state index contributed by atoms with van der Waals surface area (Å²) < 4.78 is 0. The third-order valence-corrected chi connectivity index (χ3v) is 4.17. The molecule has 21 heavy (non-hydrogen) atoms. The molecule has 0 aromatic carbocycles. The van der Waals surface area contributed by atoms with E-state index in [4.69, 9.17) is 5.11 Å². The van der Waals surface area contributed by atoms with E-state index in [1.165, 1.54) is 0 Å². The Labute approximate surface area is 124 Å². The van der Waals surface area contributed by atoms with Gasteiger partial charge in [-0.15, -0.1) is 0 Å². The third kappa shape index (κ3) is 3.69. The average molecular weight is 293 g/mol. The Hall–Kier alpha value is -1.69. The Morgan fingerprint density at radius 1 is 1.43 bits per heavy atom. The van der Waals surface area contributed by atoms with E-state index in [-0.39, 0.29) is 24.6 Å². The molecule has 1 saturated carbocycles. The second-order valence-corrected chi connectivity index (χ2v) is 5.66. The van der Waals surface area contributed by atoms with Crippen LogP contribution in [0.2, 0.25) is 0 Å². The van der Waals surface area contributed by atoms with Crippen LogP contribution in [0.1, 0.15) is 42.6 Å². The highest BCUT2D eigenvalue weighted by molar-refractivity contribution is 5.79. The Morgan fingerprint density at radius 2 is 2.14 bits per heavy atom. The van der Waals surface area contributed by atoms with E-state index >= 15 is 0 Å². The second-order valence-electron chi connectivity index (χ2n) is 5.66. The van der Waals surface area contributed by atoms with Crippen molar-refractivity contribution >= 4 is 5.91 Å². The van der Waals surface area contributed by atoms with Crippen LogP contribution in [0.4, 0.5) is 0 Å². The lowest BCUT2D eigenvalue weighted by molar-refractivity contribution is -0.134. The summed E-state index contributed by atoms with van der Waals surface area (Å²) in [5.41, 5.74) is 1.74. The second kappa shape index (κ2) is 6.85. The number of amides is 1. The zero-order valence-corrected chi connectivity index (χ0v) is 12.7. The number of nitrogens with one attached hydrogen (secondary N) is 1. The summed E-state index contributed by atoms with van der Waals surface area (Å²) in [5.74, 6) is 0.0493. The molecule has 0 bridgehead atoms. The van der Waals surface area contributed by atoms with E-state index in [0.717, 1.165) is 24.8 Å². The lowest BCUT2D eigenvalue weighted by Crippen LogP contribution is -2.45. The van der Waals surface area contributed by atoms with Crippen molar-refractivity contribution in [3.05, 3.63) is 27.4 Å². The molecule has 0 saturated heterocycles.